The molecule has 0 spiro atoms. The fraction of sp³-hybridized carbons (Fsp3) is 0.545. The van der Waals surface area contributed by atoms with Crippen molar-refractivity contribution in [1.82, 2.24) is 20.0 Å². The molecule has 2 rings (SSSR count). The molecule has 17 heavy (non-hydrogen) atoms. The molecule has 6 heteroatoms. The lowest BCUT2D eigenvalue weighted by molar-refractivity contribution is 0.524. The van der Waals surface area contributed by atoms with E-state index in [0.717, 1.165) is 35.8 Å². The average Bonchev–Trinajstić information content (AvgIpc) is 2.88. The van der Waals surface area contributed by atoms with Crippen molar-refractivity contribution in [3.63, 3.8) is 0 Å². The van der Waals surface area contributed by atoms with Gasteiger partial charge in [-0.25, -0.2) is 9.67 Å². The van der Waals surface area contributed by atoms with Gasteiger partial charge in [-0.2, -0.15) is 0 Å². The quantitative estimate of drug-likeness (QED) is 0.878. The van der Waals surface area contributed by atoms with E-state index in [4.69, 9.17) is 5.73 Å². The molecule has 0 saturated heterocycles. The molecule has 0 saturated carbocycles. The fourth-order valence-corrected chi connectivity index (χ4v) is 2.40. The lowest BCUT2D eigenvalue weighted by atomic mass is 10.1. The van der Waals surface area contributed by atoms with Crippen molar-refractivity contribution in [3.8, 4) is 0 Å². The predicted octanol–water partition coefficient (Wildman–Crippen LogP) is 1.70. The Kier molecular flexibility index (Phi) is 3.86. The highest BCUT2D eigenvalue weighted by molar-refractivity contribution is 7.09. The summed E-state index contributed by atoms with van der Waals surface area (Å²) in [6.07, 6.45) is 3.51. The molecule has 2 aromatic rings. The third-order valence-electron chi connectivity index (χ3n) is 2.56. The van der Waals surface area contributed by atoms with E-state index in [1.165, 1.54) is 0 Å². The summed E-state index contributed by atoms with van der Waals surface area (Å²) < 4.78 is 1.88. The van der Waals surface area contributed by atoms with Crippen molar-refractivity contribution in [2.75, 3.05) is 0 Å². The van der Waals surface area contributed by atoms with Crippen LogP contribution in [0.5, 0.6) is 0 Å². The van der Waals surface area contributed by atoms with Crippen LogP contribution in [-0.4, -0.2) is 20.0 Å². The van der Waals surface area contributed by atoms with Crippen LogP contribution in [0.4, 0.5) is 0 Å². The molecule has 2 heterocycles. The molecule has 1 unspecified atom stereocenters. The third-order valence-corrected chi connectivity index (χ3v) is 3.38. The van der Waals surface area contributed by atoms with E-state index < -0.39 is 0 Å². The van der Waals surface area contributed by atoms with Gasteiger partial charge in [0.1, 0.15) is 0 Å². The van der Waals surface area contributed by atoms with E-state index >= 15 is 0 Å². The first kappa shape index (κ1) is 12.2. The molecular formula is C11H17N5S. The molecule has 0 radical (unpaired) electrons. The first-order valence-electron chi connectivity index (χ1n) is 5.75. The minimum absolute atomic E-state index is 0.0851. The number of aromatic nitrogens is 4. The van der Waals surface area contributed by atoms with Crippen molar-refractivity contribution >= 4 is 11.3 Å². The smallest absolute Gasteiger partial charge is 0.0897 e. The molecule has 2 N–H and O–H groups in total. The van der Waals surface area contributed by atoms with Crippen molar-refractivity contribution in [3.05, 3.63) is 28.0 Å². The lowest BCUT2D eigenvalue weighted by Gasteiger charge is -2.11. The number of nitrogens with two attached hydrogens (primary N) is 1. The standard InChI is InChI=1S/C11H17N5S/c1-3-4-16-11(6-13-15-16)10(12)5-9-7-17-8(2)14-9/h6-7,10H,3-5,12H2,1-2H3. The van der Waals surface area contributed by atoms with Crippen LogP contribution in [0.2, 0.25) is 0 Å². The highest BCUT2D eigenvalue weighted by Gasteiger charge is 2.14. The topological polar surface area (TPSA) is 69.6 Å². The normalized spacial score (nSPS) is 12.9. The summed E-state index contributed by atoms with van der Waals surface area (Å²) in [6.45, 7) is 4.97. The van der Waals surface area contributed by atoms with E-state index in [2.05, 4.69) is 27.6 Å². The number of rotatable bonds is 5. The molecule has 2 aromatic heterocycles. The van der Waals surface area contributed by atoms with Crippen LogP contribution in [0.3, 0.4) is 0 Å². The molecule has 5 nitrogen and oxygen atoms in total. The van der Waals surface area contributed by atoms with Crippen molar-refractivity contribution in [2.45, 2.75) is 39.3 Å². The second-order valence-corrected chi connectivity index (χ2v) is 5.11. The van der Waals surface area contributed by atoms with Gasteiger partial charge in [0.2, 0.25) is 0 Å². The Morgan fingerprint density at radius 1 is 1.53 bits per heavy atom. The highest BCUT2D eigenvalue weighted by Crippen LogP contribution is 2.17. The maximum Gasteiger partial charge on any atom is 0.0897 e. The van der Waals surface area contributed by atoms with Gasteiger partial charge in [-0.3, -0.25) is 0 Å². The largest absolute Gasteiger partial charge is 0.322 e. The SMILES string of the molecule is CCCn1nncc1C(N)Cc1csc(C)n1. The van der Waals surface area contributed by atoms with E-state index in [-0.39, 0.29) is 6.04 Å². The maximum absolute atomic E-state index is 6.18. The fourth-order valence-electron chi connectivity index (χ4n) is 1.77. The maximum atomic E-state index is 6.18. The van der Waals surface area contributed by atoms with Gasteiger partial charge >= 0.3 is 0 Å². The zero-order valence-corrected chi connectivity index (χ0v) is 10.9. The van der Waals surface area contributed by atoms with Gasteiger partial charge < -0.3 is 5.73 Å². The van der Waals surface area contributed by atoms with Crippen molar-refractivity contribution < 1.29 is 0 Å². The molecule has 0 aliphatic carbocycles. The minimum atomic E-state index is -0.0851. The molecule has 0 aromatic carbocycles. The zero-order valence-electron chi connectivity index (χ0n) is 10.1. The summed E-state index contributed by atoms with van der Waals surface area (Å²) in [5, 5.41) is 11.1. The van der Waals surface area contributed by atoms with E-state index in [9.17, 15) is 0 Å². The number of aryl methyl sites for hydroxylation is 2. The first-order chi connectivity index (χ1) is 8.20. The molecule has 0 aliphatic heterocycles. The number of hydrogen-bond acceptors (Lipinski definition) is 5. The zero-order chi connectivity index (χ0) is 12.3. The summed E-state index contributed by atoms with van der Waals surface area (Å²) in [4.78, 5) is 4.42. The van der Waals surface area contributed by atoms with Crippen LogP contribution in [0, 0.1) is 6.92 Å². The summed E-state index contributed by atoms with van der Waals surface area (Å²) in [7, 11) is 0. The molecule has 0 bridgehead atoms. The number of nitrogens with zero attached hydrogens (tertiary/aromatic N) is 4. The van der Waals surface area contributed by atoms with Gasteiger partial charge in [-0.05, 0) is 13.3 Å². The van der Waals surface area contributed by atoms with Gasteiger partial charge in [0.25, 0.3) is 0 Å². The second kappa shape index (κ2) is 5.37. The second-order valence-electron chi connectivity index (χ2n) is 4.05. The van der Waals surface area contributed by atoms with Crippen LogP contribution >= 0.6 is 11.3 Å². The molecule has 0 amide bonds. The van der Waals surface area contributed by atoms with Gasteiger partial charge in [0.15, 0.2) is 0 Å². The Morgan fingerprint density at radius 3 is 3.00 bits per heavy atom. The predicted molar refractivity (Wildman–Crippen MR) is 67.8 cm³/mol. The van der Waals surface area contributed by atoms with Crippen LogP contribution < -0.4 is 5.73 Å². The van der Waals surface area contributed by atoms with Gasteiger partial charge in [-0.1, -0.05) is 12.1 Å². The van der Waals surface area contributed by atoms with Crippen molar-refractivity contribution in [2.24, 2.45) is 5.73 Å². The summed E-state index contributed by atoms with van der Waals surface area (Å²) in [5.41, 5.74) is 8.21. The third kappa shape index (κ3) is 2.89. The van der Waals surface area contributed by atoms with E-state index in [1.807, 2.05) is 11.6 Å². The molecule has 92 valence electrons. The average molecular weight is 251 g/mol. The first-order valence-corrected chi connectivity index (χ1v) is 6.63. The Bertz CT molecular complexity index is 476. The molecule has 1 atom stereocenters. The van der Waals surface area contributed by atoms with Gasteiger partial charge in [-0.15, -0.1) is 16.4 Å². The van der Waals surface area contributed by atoms with E-state index in [1.54, 1.807) is 17.5 Å². The van der Waals surface area contributed by atoms with Crippen LogP contribution in [-0.2, 0) is 13.0 Å². The van der Waals surface area contributed by atoms with E-state index in [0.29, 0.717) is 0 Å². The van der Waals surface area contributed by atoms with Crippen LogP contribution in [0.15, 0.2) is 11.6 Å². The Balaban J connectivity index is 2.08. The number of thiazole rings is 1. The summed E-state index contributed by atoms with van der Waals surface area (Å²) in [6, 6.07) is -0.0851. The summed E-state index contributed by atoms with van der Waals surface area (Å²) in [5.74, 6) is 0. The van der Waals surface area contributed by atoms with Crippen LogP contribution in [0.1, 0.15) is 35.8 Å². The Morgan fingerprint density at radius 2 is 2.35 bits per heavy atom. The van der Waals surface area contributed by atoms with Gasteiger partial charge in [0, 0.05) is 18.3 Å². The van der Waals surface area contributed by atoms with Crippen LogP contribution in [0.25, 0.3) is 0 Å². The molecule has 0 fully saturated rings. The van der Waals surface area contributed by atoms with Gasteiger partial charge in [0.05, 0.1) is 28.6 Å². The molecular weight excluding hydrogens is 234 g/mol. The highest BCUT2D eigenvalue weighted by atomic mass is 32.1. The lowest BCUT2D eigenvalue weighted by Crippen LogP contribution is -2.18. The Hall–Kier alpha value is -1.27. The summed E-state index contributed by atoms with van der Waals surface area (Å²) >= 11 is 1.65. The van der Waals surface area contributed by atoms with Crippen molar-refractivity contribution in [1.29, 1.82) is 0 Å². The monoisotopic (exact) mass is 251 g/mol. The minimum Gasteiger partial charge on any atom is -0.322 e. The number of hydrogen-bond donors (Lipinski definition) is 1. The Labute approximate surface area is 105 Å². The molecule has 0 aliphatic rings.